The molecule has 0 amide bonds. The monoisotopic (exact) mass is 370 g/mol. The first kappa shape index (κ1) is 18.2. The molecule has 4 nitrogen and oxygen atoms in total. The van der Waals surface area contributed by atoms with Gasteiger partial charge in [-0.25, -0.2) is 0 Å². The lowest BCUT2D eigenvalue weighted by atomic mass is 9.78. The van der Waals surface area contributed by atoms with E-state index in [0.717, 1.165) is 18.0 Å². The SMILES string of the molecule is C[C@@H]1[C@H](C)CCC[C@@H]1NC(=S)NNC(=S)Nc1ccc(Cl)cc1. The Morgan fingerprint density at radius 1 is 1.04 bits per heavy atom. The highest BCUT2D eigenvalue weighted by Gasteiger charge is 2.27. The molecule has 0 heterocycles. The highest BCUT2D eigenvalue weighted by atomic mass is 35.5. The second-order valence-corrected chi connectivity index (χ2v) is 7.31. The molecule has 0 aromatic heterocycles. The van der Waals surface area contributed by atoms with Crippen molar-refractivity contribution in [2.45, 2.75) is 39.2 Å². The zero-order valence-electron chi connectivity index (χ0n) is 13.4. The van der Waals surface area contributed by atoms with Crippen molar-refractivity contribution < 1.29 is 0 Å². The van der Waals surface area contributed by atoms with Gasteiger partial charge in [-0.15, -0.1) is 0 Å². The van der Waals surface area contributed by atoms with Crippen molar-refractivity contribution in [2.24, 2.45) is 11.8 Å². The Hall–Kier alpha value is -1.11. The van der Waals surface area contributed by atoms with E-state index >= 15 is 0 Å². The largest absolute Gasteiger partial charge is 0.358 e. The van der Waals surface area contributed by atoms with Gasteiger partial charge < -0.3 is 10.6 Å². The van der Waals surface area contributed by atoms with Crippen LogP contribution in [0.2, 0.25) is 5.02 Å². The van der Waals surface area contributed by atoms with Crippen LogP contribution in [0.3, 0.4) is 0 Å². The quantitative estimate of drug-likeness (QED) is 0.469. The summed E-state index contributed by atoms with van der Waals surface area (Å²) in [4.78, 5) is 0. The highest BCUT2D eigenvalue weighted by Crippen LogP contribution is 2.29. The lowest BCUT2D eigenvalue weighted by molar-refractivity contribution is 0.224. The fourth-order valence-electron chi connectivity index (χ4n) is 2.80. The van der Waals surface area contributed by atoms with Crippen LogP contribution in [0.25, 0.3) is 0 Å². The second kappa shape index (κ2) is 8.66. The summed E-state index contributed by atoms with van der Waals surface area (Å²) in [7, 11) is 0. The predicted octanol–water partition coefficient (Wildman–Crippen LogP) is 3.83. The summed E-state index contributed by atoms with van der Waals surface area (Å²) in [6.07, 6.45) is 3.70. The van der Waals surface area contributed by atoms with E-state index in [1.807, 2.05) is 12.1 Å². The van der Waals surface area contributed by atoms with Crippen LogP contribution >= 0.6 is 36.0 Å². The Bertz CT molecular complexity index is 550. The number of halogens is 1. The van der Waals surface area contributed by atoms with Crippen LogP contribution in [-0.4, -0.2) is 16.3 Å². The van der Waals surface area contributed by atoms with Crippen LogP contribution in [0, 0.1) is 11.8 Å². The zero-order chi connectivity index (χ0) is 16.8. The Labute approximate surface area is 153 Å². The molecule has 1 saturated carbocycles. The van der Waals surface area contributed by atoms with Crippen LogP contribution in [0.1, 0.15) is 33.1 Å². The van der Waals surface area contributed by atoms with E-state index in [1.54, 1.807) is 12.1 Å². The Balaban J connectivity index is 1.73. The molecular formula is C16H23ClN4S2. The first-order valence-corrected chi connectivity index (χ1v) is 9.04. The molecule has 1 aromatic carbocycles. The third-order valence-electron chi connectivity index (χ3n) is 4.41. The van der Waals surface area contributed by atoms with Gasteiger partial charge in [-0.3, -0.25) is 10.9 Å². The molecule has 0 aliphatic heterocycles. The van der Waals surface area contributed by atoms with Crippen molar-refractivity contribution in [3.63, 3.8) is 0 Å². The third kappa shape index (κ3) is 5.79. The number of nitrogens with one attached hydrogen (secondary N) is 4. The van der Waals surface area contributed by atoms with Gasteiger partial charge in [-0.1, -0.05) is 38.3 Å². The Morgan fingerprint density at radius 2 is 1.70 bits per heavy atom. The van der Waals surface area contributed by atoms with E-state index in [0.29, 0.717) is 27.2 Å². The van der Waals surface area contributed by atoms with Crippen molar-refractivity contribution in [1.29, 1.82) is 0 Å². The lowest BCUT2D eigenvalue weighted by Gasteiger charge is -2.35. The maximum Gasteiger partial charge on any atom is 0.189 e. The first-order chi connectivity index (χ1) is 11.0. The number of hydrogen-bond donors (Lipinski definition) is 4. The maximum absolute atomic E-state index is 5.85. The summed E-state index contributed by atoms with van der Waals surface area (Å²) >= 11 is 16.4. The number of hydrogen-bond acceptors (Lipinski definition) is 2. The van der Waals surface area contributed by atoms with Crippen molar-refractivity contribution in [3.8, 4) is 0 Å². The van der Waals surface area contributed by atoms with E-state index in [-0.39, 0.29) is 0 Å². The number of rotatable bonds is 2. The normalized spacial score (nSPS) is 23.7. The molecule has 0 bridgehead atoms. The van der Waals surface area contributed by atoms with Crippen LogP contribution in [0.4, 0.5) is 5.69 Å². The highest BCUT2D eigenvalue weighted by molar-refractivity contribution is 7.80. The molecule has 0 saturated heterocycles. The zero-order valence-corrected chi connectivity index (χ0v) is 15.7. The molecule has 3 atom stereocenters. The molecule has 0 spiro atoms. The average Bonchev–Trinajstić information content (AvgIpc) is 2.52. The van der Waals surface area contributed by atoms with Crippen molar-refractivity contribution in [1.82, 2.24) is 16.2 Å². The third-order valence-corrected chi connectivity index (χ3v) is 5.09. The van der Waals surface area contributed by atoms with Gasteiger partial charge in [0.1, 0.15) is 0 Å². The van der Waals surface area contributed by atoms with E-state index in [1.165, 1.54) is 12.8 Å². The van der Waals surface area contributed by atoms with Gasteiger partial charge in [-0.05, 0) is 67.0 Å². The van der Waals surface area contributed by atoms with Crippen molar-refractivity contribution in [3.05, 3.63) is 29.3 Å². The Morgan fingerprint density at radius 3 is 2.39 bits per heavy atom. The van der Waals surface area contributed by atoms with E-state index in [4.69, 9.17) is 36.0 Å². The molecule has 4 N–H and O–H groups in total. The average molecular weight is 371 g/mol. The molecule has 23 heavy (non-hydrogen) atoms. The molecule has 0 radical (unpaired) electrons. The summed E-state index contributed by atoms with van der Waals surface area (Å²) in [6, 6.07) is 7.74. The molecule has 126 valence electrons. The van der Waals surface area contributed by atoms with Gasteiger partial charge in [0.15, 0.2) is 10.2 Å². The number of benzene rings is 1. The summed E-state index contributed by atoms with van der Waals surface area (Å²) in [5.41, 5.74) is 6.70. The minimum Gasteiger partial charge on any atom is -0.358 e. The predicted molar refractivity (Wildman–Crippen MR) is 106 cm³/mol. The minimum absolute atomic E-state index is 0.415. The summed E-state index contributed by atoms with van der Waals surface area (Å²) in [5, 5.41) is 8.13. The van der Waals surface area contributed by atoms with E-state index in [9.17, 15) is 0 Å². The number of hydrazine groups is 1. The summed E-state index contributed by atoms with van der Waals surface area (Å²) in [5.74, 6) is 1.34. The molecule has 1 aromatic rings. The van der Waals surface area contributed by atoms with Crippen LogP contribution in [0.15, 0.2) is 24.3 Å². The minimum atomic E-state index is 0.415. The van der Waals surface area contributed by atoms with Crippen LogP contribution in [-0.2, 0) is 0 Å². The van der Waals surface area contributed by atoms with Gasteiger partial charge in [-0.2, -0.15) is 0 Å². The number of thiocarbonyl (C=S) groups is 2. The standard InChI is InChI=1S/C16H23ClN4S2/c1-10-4-3-5-14(11(10)2)19-16(23)21-20-15(22)18-13-8-6-12(17)7-9-13/h6-11,14H,3-5H2,1-2H3,(H2,18,20,22)(H2,19,21,23)/t10-,11-,14+/m1/s1. The summed E-state index contributed by atoms with van der Waals surface area (Å²) < 4.78 is 0. The molecule has 2 rings (SSSR count). The van der Waals surface area contributed by atoms with E-state index < -0.39 is 0 Å². The van der Waals surface area contributed by atoms with Crippen molar-refractivity contribution >= 4 is 51.9 Å². The van der Waals surface area contributed by atoms with Crippen molar-refractivity contribution in [2.75, 3.05) is 5.32 Å². The van der Waals surface area contributed by atoms with E-state index in [2.05, 4.69) is 35.3 Å². The second-order valence-electron chi connectivity index (χ2n) is 6.06. The van der Waals surface area contributed by atoms with Gasteiger partial charge in [0.25, 0.3) is 0 Å². The van der Waals surface area contributed by atoms with Gasteiger partial charge in [0.2, 0.25) is 0 Å². The maximum atomic E-state index is 5.85. The topological polar surface area (TPSA) is 48.1 Å². The smallest absolute Gasteiger partial charge is 0.189 e. The molecule has 1 aliphatic carbocycles. The molecule has 1 fully saturated rings. The lowest BCUT2D eigenvalue weighted by Crippen LogP contribution is -2.53. The molecule has 1 aliphatic rings. The van der Waals surface area contributed by atoms with Gasteiger partial charge in [0.05, 0.1) is 0 Å². The molecule has 7 heteroatoms. The molecule has 0 unspecified atom stereocenters. The number of anilines is 1. The van der Waals surface area contributed by atoms with Gasteiger partial charge >= 0.3 is 0 Å². The summed E-state index contributed by atoms with van der Waals surface area (Å²) in [6.45, 7) is 4.59. The van der Waals surface area contributed by atoms with Crippen LogP contribution in [0.5, 0.6) is 0 Å². The fraction of sp³-hybridized carbons (Fsp3) is 0.500. The van der Waals surface area contributed by atoms with Gasteiger partial charge in [0, 0.05) is 16.8 Å². The molecular weight excluding hydrogens is 348 g/mol. The first-order valence-electron chi connectivity index (χ1n) is 7.85. The fourth-order valence-corrected chi connectivity index (χ4v) is 3.30. The Kier molecular flexibility index (Phi) is 6.87. The van der Waals surface area contributed by atoms with Crippen LogP contribution < -0.4 is 21.5 Å².